The van der Waals surface area contributed by atoms with Crippen molar-refractivity contribution < 1.29 is 37.4 Å². The molecule has 0 bridgehead atoms. The third-order valence-corrected chi connectivity index (χ3v) is 5.44. The summed E-state index contributed by atoms with van der Waals surface area (Å²) in [4.78, 5) is 39.5. The van der Waals surface area contributed by atoms with Gasteiger partial charge in [0.2, 0.25) is 5.91 Å². The zero-order valence-electron chi connectivity index (χ0n) is 19.4. The number of likely N-dealkylation sites (tertiary alicyclic amines) is 1. The van der Waals surface area contributed by atoms with Crippen molar-refractivity contribution in [3.8, 4) is 17.2 Å². The van der Waals surface area contributed by atoms with Gasteiger partial charge in [-0.3, -0.25) is 25.2 Å². The van der Waals surface area contributed by atoms with Crippen LogP contribution >= 0.6 is 0 Å². The number of hydrogen-bond acceptors (Lipinski definition) is 6. The Morgan fingerprint density at radius 1 is 1.09 bits per heavy atom. The van der Waals surface area contributed by atoms with E-state index in [0.29, 0.717) is 37.5 Å². The molecule has 0 aliphatic carbocycles. The first kappa shape index (κ1) is 25.7. The lowest BCUT2D eigenvalue weighted by atomic mass is 9.96. The number of ether oxygens (including phenoxy) is 3. The largest absolute Gasteiger partial charge is 0.493 e. The van der Waals surface area contributed by atoms with Crippen LogP contribution in [0.4, 0.5) is 8.78 Å². The SMILES string of the molecule is CCOc1ccc(C(=O)NNC(=O)C2CCCN(C(=O)c3ccccc3OC(F)F)C2)cc1OC. The molecule has 2 N–H and O–H groups in total. The smallest absolute Gasteiger partial charge is 0.387 e. The molecule has 0 spiro atoms. The Kier molecular flexibility index (Phi) is 8.82. The van der Waals surface area contributed by atoms with Gasteiger partial charge in [-0.1, -0.05) is 12.1 Å². The number of amides is 3. The molecular weight excluding hydrogens is 464 g/mol. The Balaban J connectivity index is 1.60. The highest BCUT2D eigenvalue weighted by molar-refractivity contribution is 5.98. The molecular formula is C24H27F2N3O6. The first-order valence-corrected chi connectivity index (χ1v) is 11.1. The van der Waals surface area contributed by atoms with E-state index >= 15 is 0 Å². The molecule has 1 saturated heterocycles. The number of benzene rings is 2. The van der Waals surface area contributed by atoms with E-state index in [0.717, 1.165) is 0 Å². The molecule has 1 atom stereocenters. The van der Waals surface area contributed by atoms with Crippen molar-refractivity contribution in [2.45, 2.75) is 26.4 Å². The molecule has 11 heteroatoms. The average Bonchev–Trinajstić information content (AvgIpc) is 2.87. The molecule has 3 rings (SSSR count). The Morgan fingerprint density at radius 3 is 2.57 bits per heavy atom. The third kappa shape index (κ3) is 6.58. The van der Waals surface area contributed by atoms with Gasteiger partial charge in [0, 0.05) is 18.7 Å². The van der Waals surface area contributed by atoms with E-state index in [-0.39, 0.29) is 23.4 Å². The van der Waals surface area contributed by atoms with Gasteiger partial charge in [0.15, 0.2) is 11.5 Å². The molecule has 1 aliphatic heterocycles. The van der Waals surface area contributed by atoms with Crippen LogP contribution in [0.3, 0.4) is 0 Å². The van der Waals surface area contributed by atoms with Gasteiger partial charge in [-0.15, -0.1) is 0 Å². The lowest BCUT2D eigenvalue weighted by molar-refractivity contribution is -0.127. The lowest BCUT2D eigenvalue weighted by Crippen LogP contribution is -2.50. The van der Waals surface area contributed by atoms with Gasteiger partial charge in [-0.05, 0) is 50.1 Å². The summed E-state index contributed by atoms with van der Waals surface area (Å²) in [5.41, 5.74) is 5.00. The monoisotopic (exact) mass is 491 g/mol. The van der Waals surface area contributed by atoms with Crippen LogP contribution in [0.15, 0.2) is 42.5 Å². The predicted octanol–water partition coefficient (Wildman–Crippen LogP) is 3.01. The first-order chi connectivity index (χ1) is 16.8. The third-order valence-electron chi connectivity index (χ3n) is 5.44. The fourth-order valence-corrected chi connectivity index (χ4v) is 3.76. The Labute approximate surface area is 201 Å². The van der Waals surface area contributed by atoms with E-state index in [1.807, 2.05) is 6.92 Å². The quantitative estimate of drug-likeness (QED) is 0.550. The Morgan fingerprint density at radius 2 is 1.86 bits per heavy atom. The molecule has 1 fully saturated rings. The number of hydrazine groups is 1. The van der Waals surface area contributed by atoms with Crippen LogP contribution < -0.4 is 25.1 Å². The molecule has 2 aromatic carbocycles. The van der Waals surface area contributed by atoms with Gasteiger partial charge in [0.05, 0.1) is 25.2 Å². The van der Waals surface area contributed by atoms with Crippen LogP contribution in [0.25, 0.3) is 0 Å². The van der Waals surface area contributed by atoms with Crippen LogP contribution in [0.5, 0.6) is 17.2 Å². The van der Waals surface area contributed by atoms with Crippen molar-refractivity contribution in [2.24, 2.45) is 5.92 Å². The summed E-state index contributed by atoms with van der Waals surface area (Å²) in [5, 5.41) is 0. The van der Waals surface area contributed by atoms with Crippen molar-refractivity contribution in [2.75, 3.05) is 26.8 Å². The Hall–Kier alpha value is -3.89. The zero-order chi connectivity index (χ0) is 25.4. The number of nitrogens with one attached hydrogen (secondary N) is 2. The molecule has 9 nitrogen and oxygen atoms in total. The average molecular weight is 491 g/mol. The highest BCUT2D eigenvalue weighted by Gasteiger charge is 2.30. The van der Waals surface area contributed by atoms with Crippen LogP contribution in [0.1, 0.15) is 40.5 Å². The van der Waals surface area contributed by atoms with E-state index < -0.39 is 30.3 Å². The Bertz CT molecular complexity index is 1070. The van der Waals surface area contributed by atoms with Crippen LogP contribution in [0.2, 0.25) is 0 Å². The molecule has 1 heterocycles. The van der Waals surface area contributed by atoms with E-state index in [9.17, 15) is 23.2 Å². The number of alkyl halides is 2. The summed E-state index contributed by atoms with van der Waals surface area (Å²) in [6.45, 7) is -0.373. The van der Waals surface area contributed by atoms with E-state index in [4.69, 9.17) is 9.47 Å². The number of hydrogen-bond donors (Lipinski definition) is 2. The minimum absolute atomic E-state index is 0.00777. The van der Waals surface area contributed by atoms with Gasteiger partial charge in [0.1, 0.15) is 5.75 Å². The second-order valence-electron chi connectivity index (χ2n) is 7.71. The highest BCUT2D eigenvalue weighted by Crippen LogP contribution is 2.28. The summed E-state index contributed by atoms with van der Waals surface area (Å²) in [5.74, 6) is -1.48. The molecule has 1 unspecified atom stereocenters. The van der Waals surface area contributed by atoms with Gasteiger partial charge >= 0.3 is 6.61 Å². The van der Waals surface area contributed by atoms with Gasteiger partial charge < -0.3 is 19.1 Å². The summed E-state index contributed by atoms with van der Waals surface area (Å²) in [6, 6.07) is 10.4. The van der Waals surface area contributed by atoms with Crippen LogP contribution in [0, 0.1) is 5.92 Å². The number of nitrogens with zero attached hydrogens (tertiary/aromatic N) is 1. The molecule has 35 heavy (non-hydrogen) atoms. The minimum Gasteiger partial charge on any atom is -0.493 e. The number of carbonyl (C=O) groups excluding carboxylic acids is 3. The fourth-order valence-electron chi connectivity index (χ4n) is 3.76. The molecule has 0 radical (unpaired) electrons. The normalized spacial score (nSPS) is 15.3. The summed E-state index contributed by atoms with van der Waals surface area (Å²) in [7, 11) is 1.45. The van der Waals surface area contributed by atoms with Crippen molar-refractivity contribution >= 4 is 17.7 Å². The number of para-hydroxylation sites is 1. The van der Waals surface area contributed by atoms with Crippen LogP contribution in [-0.4, -0.2) is 56.0 Å². The maximum Gasteiger partial charge on any atom is 0.387 e. The predicted molar refractivity (Wildman–Crippen MR) is 121 cm³/mol. The molecule has 1 aliphatic rings. The highest BCUT2D eigenvalue weighted by atomic mass is 19.3. The van der Waals surface area contributed by atoms with E-state index in [2.05, 4.69) is 15.6 Å². The van der Waals surface area contributed by atoms with E-state index in [1.165, 1.54) is 42.3 Å². The van der Waals surface area contributed by atoms with Crippen LogP contribution in [-0.2, 0) is 4.79 Å². The zero-order valence-corrected chi connectivity index (χ0v) is 19.4. The lowest BCUT2D eigenvalue weighted by Gasteiger charge is -2.32. The number of rotatable bonds is 8. The molecule has 3 amide bonds. The topological polar surface area (TPSA) is 106 Å². The number of methoxy groups -OCH3 is 1. The maximum absolute atomic E-state index is 12.9. The summed E-state index contributed by atoms with van der Waals surface area (Å²) >= 11 is 0. The molecule has 2 aromatic rings. The summed E-state index contributed by atoms with van der Waals surface area (Å²) in [6.07, 6.45) is 1.03. The minimum atomic E-state index is -3.07. The molecule has 0 saturated carbocycles. The molecule has 188 valence electrons. The van der Waals surface area contributed by atoms with Gasteiger partial charge in [-0.25, -0.2) is 0 Å². The number of piperidine rings is 1. The summed E-state index contributed by atoms with van der Waals surface area (Å²) < 4.78 is 40.5. The molecule has 0 aromatic heterocycles. The van der Waals surface area contributed by atoms with Gasteiger partial charge in [0.25, 0.3) is 11.8 Å². The second-order valence-corrected chi connectivity index (χ2v) is 7.71. The fraction of sp³-hybridized carbons (Fsp3) is 0.375. The maximum atomic E-state index is 12.9. The number of halogens is 2. The van der Waals surface area contributed by atoms with Gasteiger partial charge in [-0.2, -0.15) is 8.78 Å². The standard InChI is InChI=1S/C24H27F2N3O6/c1-3-34-19-11-10-15(13-20(19)33-2)21(30)27-28-22(31)16-7-6-12-29(14-16)23(32)17-8-4-5-9-18(17)35-24(25)26/h4-5,8-11,13,16,24H,3,6-7,12,14H2,1-2H3,(H,27,30)(H,28,31). The first-order valence-electron chi connectivity index (χ1n) is 11.1. The van der Waals surface area contributed by atoms with E-state index in [1.54, 1.807) is 12.1 Å². The van der Waals surface area contributed by atoms with Crippen molar-refractivity contribution in [3.63, 3.8) is 0 Å². The van der Waals surface area contributed by atoms with Crippen molar-refractivity contribution in [1.82, 2.24) is 15.8 Å². The number of carbonyl (C=O) groups is 3. The second kappa shape index (κ2) is 12.0. The van der Waals surface area contributed by atoms with Crippen molar-refractivity contribution in [1.29, 1.82) is 0 Å². The van der Waals surface area contributed by atoms with Crippen molar-refractivity contribution in [3.05, 3.63) is 53.6 Å².